The van der Waals surface area contributed by atoms with Crippen molar-refractivity contribution in [2.45, 2.75) is 19.4 Å². The van der Waals surface area contributed by atoms with Gasteiger partial charge in [-0.25, -0.2) is 4.39 Å². The van der Waals surface area contributed by atoms with Crippen LogP contribution in [0.2, 0.25) is 0 Å². The zero-order valence-corrected chi connectivity index (χ0v) is 10.6. The first-order valence-corrected chi connectivity index (χ1v) is 5.67. The van der Waals surface area contributed by atoms with Gasteiger partial charge in [0.05, 0.1) is 6.04 Å². The summed E-state index contributed by atoms with van der Waals surface area (Å²) in [7, 11) is 0. The molecule has 1 amide bonds. The fourth-order valence-corrected chi connectivity index (χ4v) is 1.98. The molecule has 0 spiro atoms. The molecule has 1 rings (SSSR count). The van der Waals surface area contributed by atoms with Crippen molar-refractivity contribution in [2.75, 3.05) is 0 Å². The van der Waals surface area contributed by atoms with E-state index in [-0.39, 0.29) is 17.8 Å². The second kappa shape index (κ2) is 5.80. The lowest BCUT2D eigenvalue weighted by molar-refractivity contribution is -0.119. The summed E-state index contributed by atoms with van der Waals surface area (Å²) in [6.07, 6.45) is 2.25. The van der Waals surface area contributed by atoms with Crippen LogP contribution in [0.1, 0.15) is 24.9 Å². The van der Waals surface area contributed by atoms with E-state index < -0.39 is 0 Å². The van der Waals surface area contributed by atoms with E-state index in [4.69, 9.17) is 0 Å². The maximum Gasteiger partial charge on any atom is 0.217 e. The Morgan fingerprint density at radius 2 is 2.38 bits per heavy atom. The molecule has 0 aromatic heterocycles. The predicted molar refractivity (Wildman–Crippen MR) is 65.5 cm³/mol. The predicted octanol–water partition coefficient (Wildman–Crippen LogP) is 3.34. The molecule has 0 bridgehead atoms. The summed E-state index contributed by atoms with van der Waals surface area (Å²) in [5.74, 6) is -0.472. The van der Waals surface area contributed by atoms with Gasteiger partial charge in [-0.05, 0) is 30.2 Å². The summed E-state index contributed by atoms with van der Waals surface area (Å²) in [6.45, 7) is 5.06. The van der Waals surface area contributed by atoms with Gasteiger partial charge in [0.1, 0.15) is 5.82 Å². The molecular formula is C12H13BrFNO. The van der Waals surface area contributed by atoms with Crippen LogP contribution in [-0.4, -0.2) is 5.91 Å². The first-order valence-electron chi connectivity index (χ1n) is 4.87. The van der Waals surface area contributed by atoms with E-state index in [0.29, 0.717) is 6.42 Å². The Balaban J connectivity index is 3.03. The van der Waals surface area contributed by atoms with Crippen molar-refractivity contribution in [1.82, 2.24) is 5.32 Å². The maximum atomic E-state index is 13.1. The molecular weight excluding hydrogens is 273 g/mol. The smallest absolute Gasteiger partial charge is 0.217 e. The highest BCUT2D eigenvalue weighted by atomic mass is 79.9. The van der Waals surface area contributed by atoms with Crippen molar-refractivity contribution in [3.8, 4) is 0 Å². The van der Waals surface area contributed by atoms with Crippen molar-refractivity contribution in [1.29, 1.82) is 0 Å². The van der Waals surface area contributed by atoms with Crippen molar-refractivity contribution in [3.63, 3.8) is 0 Å². The molecule has 2 nitrogen and oxygen atoms in total. The molecule has 1 aromatic rings. The van der Waals surface area contributed by atoms with Gasteiger partial charge in [0.2, 0.25) is 5.91 Å². The summed E-state index contributed by atoms with van der Waals surface area (Å²) in [6, 6.07) is 4.16. The van der Waals surface area contributed by atoms with Crippen LogP contribution in [0, 0.1) is 5.82 Å². The number of hydrogen-bond acceptors (Lipinski definition) is 1. The first-order chi connectivity index (χ1) is 7.54. The molecule has 0 saturated carbocycles. The molecule has 4 heteroatoms. The van der Waals surface area contributed by atoms with Gasteiger partial charge in [0, 0.05) is 11.4 Å². The van der Waals surface area contributed by atoms with Gasteiger partial charge in [-0.1, -0.05) is 22.0 Å². The third-order valence-electron chi connectivity index (χ3n) is 2.11. The fraction of sp³-hybridized carbons (Fsp3) is 0.250. The van der Waals surface area contributed by atoms with E-state index in [1.165, 1.54) is 19.1 Å². The number of hydrogen-bond donors (Lipinski definition) is 1. The lowest BCUT2D eigenvalue weighted by atomic mass is 10.0. The number of rotatable bonds is 4. The second-order valence-electron chi connectivity index (χ2n) is 3.44. The molecule has 0 fully saturated rings. The molecule has 0 saturated heterocycles. The molecule has 16 heavy (non-hydrogen) atoms. The van der Waals surface area contributed by atoms with Crippen LogP contribution >= 0.6 is 15.9 Å². The third kappa shape index (κ3) is 3.45. The van der Waals surface area contributed by atoms with Crippen LogP contribution in [0.25, 0.3) is 0 Å². The minimum atomic E-state index is -0.322. The van der Waals surface area contributed by atoms with Gasteiger partial charge in [-0.15, -0.1) is 6.58 Å². The standard InChI is InChI=1S/C12H13BrFNO/c1-3-4-12(15-8(2)16)10-7-9(14)5-6-11(10)13/h3,5-7,12H,1,4H2,2H3,(H,15,16). The van der Waals surface area contributed by atoms with Crippen LogP contribution in [0.3, 0.4) is 0 Å². The molecule has 0 radical (unpaired) electrons. The topological polar surface area (TPSA) is 29.1 Å². The average molecular weight is 286 g/mol. The number of nitrogens with one attached hydrogen (secondary N) is 1. The van der Waals surface area contributed by atoms with Crippen LogP contribution in [0.5, 0.6) is 0 Å². The Morgan fingerprint density at radius 3 is 2.94 bits per heavy atom. The normalized spacial score (nSPS) is 11.9. The Kier molecular flexibility index (Phi) is 4.68. The van der Waals surface area contributed by atoms with Crippen molar-refractivity contribution >= 4 is 21.8 Å². The SMILES string of the molecule is C=CCC(NC(C)=O)c1cc(F)ccc1Br. The van der Waals surface area contributed by atoms with Crippen LogP contribution < -0.4 is 5.32 Å². The molecule has 1 aromatic carbocycles. The molecule has 0 aliphatic carbocycles. The average Bonchev–Trinajstić information content (AvgIpc) is 2.20. The monoisotopic (exact) mass is 285 g/mol. The van der Waals surface area contributed by atoms with E-state index in [1.54, 1.807) is 12.1 Å². The number of carbonyl (C=O) groups excluding carboxylic acids is 1. The van der Waals surface area contributed by atoms with Crippen LogP contribution in [0.15, 0.2) is 35.3 Å². The highest BCUT2D eigenvalue weighted by Gasteiger charge is 2.14. The highest BCUT2D eigenvalue weighted by molar-refractivity contribution is 9.10. The van der Waals surface area contributed by atoms with E-state index in [1.807, 2.05) is 0 Å². The van der Waals surface area contributed by atoms with Crippen molar-refractivity contribution < 1.29 is 9.18 Å². The number of halogens is 2. The molecule has 0 heterocycles. The lowest BCUT2D eigenvalue weighted by Crippen LogP contribution is -2.26. The molecule has 0 aliphatic rings. The van der Waals surface area contributed by atoms with Gasteiger partial charge in [0.15, 0.2) is 0 Å². The maximum absolute atomic E-state index is 13.1. The molecule has 86 valence electrons. The number of amides is 1. The lowest BCUT2D eigenvalue weighted by Gasteiger charge is -2.18. The fourth-order valence-electron chi connectivity index (χ4n) is 1.46. The van der Waals surface area contributed by atoms with Gasteiger partial charge < -0.3 is 5.32 Å². The minimum absolute atomic E-state index is 0.150. The Bertz CT molecular complexity index is 406. The molecule has 1 unspecified atom stereocenters. The minimum Gasteiger partial charge on any atom is -0.349 e. The Labute approximate surface area is 103 Å². The summed E-state index contributed by atoms with van der Waals surface area (Å²) in [4.78, 5) is 11.0. The summed E-state index contributed by atoms with van der Waals surface area (Å²) < 4.78 is 13.9. The van der Waals surface area contributed by atoms with Gasteiger partial charge >= 0.3 is 0 Å². The molecule has 1 atom stereocenters. The van der Waals surface area contributed by atoms with Gasteiger partial charge in [0.25, 0.3) is 0 Å². The van der Waals surface area contributed by atoms with Gasteiger partial charge in [-0.3, -0.25) is 4.79 Å². The Morgan fingerprint density at radius 1 is 1.69 bits per heavy atom. The van der Waals surface area contributed by atoms with Crippen LogP contribution in [0.4, 0.5) is 4.39 Å². The van der Waals surface area contributed by atoms with E-state index in [0.717, 1.165) is 10.0 Å². The van der Waals surface area contributed by atoms with Crippen molar-refractivity contribution in [2.24, 2.45) is 0 Å². The van der Waals surface area contributed by atoms with Crippen LogP contribution in [-0.2, 0) is 4.79 Å². The third-order valence-corrected chi connectivity index (χ3v) is 2.84. The van der Waals surface area contributed by atoms with E-state index >= 15 is 0 Å². The highest BCUT2D eigenvalue weighted by Crippen LogP contribution is 2.26. The Hall–Kier alpha value is -1.16. The zero-order valence-electron chi connectivity index (χ0n) is 8.97. The largest absolute Gasteiger partial charge is 0.349 e. The first kappa shape index (κ1) is 12.9. The summed E-state index contributed by atoms with van der Waals surface area (Å²) in [5.41, 5.74) is 0.718. The van der Waals surface area contributed by atoms with E-state index in [2.05, 4.69) is 27.8 Å². The summed E-state index contributed by atoms with van der Waals surface area (Å²) in [5, 5.41) is 2.76. The van der Waals surface area contributed by atoms with E-state index in [9.17, 15) is 9.18 Å². The zero-order chi connectivity index (χ0) is 12.1. The molecule has 1 N–H and O–H groups in total. The molecule has 0 aliphatic heterocycles. The quantitative estimate of drug-likeness (QED) is 0.845. The number of carbonyl (C=O) groups is 1. The summed E-state index contributed by atoms with van der Waals surface area (Å²) >= 11 is 3.34. The number of benzene rings is 1. The van der Waals surface area contributed by atoms with Gasteiger partial charge in [-0.2, -0.15) is 0 Å². The second-order valence-corrected chi connectivity index (χ2v) is 4.30. The van der Waals surface area contributed by atoms with Crippen molar-refractivity contribution in [3.05, 3.63) is 46.7 Å².